The maximum Gasteiger partial charge on any atom is 0.123 e. The summed E-state index contributed by atoms with van der Waals surface area (Å²) in [6, 6.07) is 6.69. The van der Waals surface area contributed by atoms with Gasteiger partial charge in [-0.25, -0.2) is 4.39 Å². The smallest absolute Gasteiger partial charge is 0.123 e. The van der Waals surface area contributed by atoms with Gasteiger partial charge in [0.15, 0.2) is 0 Å². The quantitative estimate of drug-likeness (QED) is 0.731. The lowest BCUT2D eigenvalue weighted by molar-refractivity contribution is 0.276. The second-order valence-corrected chi connectivity index (χ2v) is 4.17. The van der Waals surface area contributed by atoms with Crippen molar-refractivity contribution < 1.29 is 4.39 Å². The van der Waals surface area contributed by atoms with E-state index >= 15 is 0 Å². The Balaban J connectivity index is 2.37. The van der Waals surface area contributed by atoms with Gasteiger partial charge in [-0.2, -0.15) is 0 Å². The van der Waals surface area contributed by atoms with Crippen LogP contribution in [0.25, 0.3) is 0 Å². The van der Waals surface area contributed by atoms with Crippen LogP contribution in [0, 0.1) is 5.82 Å². The van der Waals surface area contributed by atoms with Gasteiger partial charge in [0.1, 0.15) is 5.82 Å². The first-order chi connectivity index (χ1) is 7.08. The fraction of sp³-hybridized carbons (Fsp3) is 0.500. The predicted molar refractivity (Wildman–Crippen MR) is 61.3 cm³/mol. The second kappa shape index (κ2) is 5.83. The van der Waals surface area contributed by atoms with Crippen LogP contribution in [0.3, 0.4) is 0 Å². The molecule has 1 rings (SSSR count). The Morgan fingerprint density at radius 1 is 1.00 bits per heavy atom. The first-order valence-corrected chi connectivity index (χ1v) is 5.15. The van der Waals surface area contributed by atoms with E-state index in [-0.39, 0.29) is 5.82 Å². The fourth-order valence-corrected chi connectivity index (χ4v) is 1.35. The summed E-state index contributed by atoms with van der Waals surface area (Å²) in [6.45, 7) is 2.93. The lowest BCUT2D eigenvalue weighted by atomic mass is 10.2. The zero-order valence-corrected chi connectivity index (χ0v) is 9.70. The first-order valence-electron chi connectivity index (χ1n) is 5.15. The van der Waals surface area contributed by atoms with Gasteiger partial charge in [-0.3, -0.25) is 0 Å². The van der Waals surface area contributed by atoms with Crippen LogP contribution in [-0.4, -0.2) is 44.0 Å². The zero-order chi connectivity index (χ0) is 11.3. The molecule has 84 valence electrons. The van der Waals surface area contributed by atoms with Crippen molar-refractivity contribution in [3.8, 4) is 0 Å². The minimum absolute atomic E-state index is 0.172. The molecule has 0 heterocycles. The van der Waals surface area contributed by atoms with E-state index in [9.17, 15) is 4.39 Å². The molecule has 0 bridgehead atoms. The molecule has 0 saturated heterocycles. The molecule has 0 unspecified atom stereocenters. The minimum atomic E-state index is -0.172. The highest BCUT2D eigenvalue weighted by Crippen LogP contribution is 2.05. The summed E-state index contributed by atoms with van der Waals surface area (Å²) in [5.74, 6) is -0.172. The molecule has 0 spiro atoms. The highest BCUT2D eigenvalue weighted by Gasteiger charge is 2.00. The number of halogens is 1. The Labute approximate surface area is 91.3 Å². The van der Waals surface area contributed by atoms with Gasteiger partial charge in [0.05, 0.1) is 0 Å². The van der Waals surface area contributed by atoms with Crippen LogP contribution < -0.4 is 0 Å². The van der Waals surface area contributed by atoms with Gasteiger partial charge >= 0.3 is 0 Å². The molecule has 0 N–H and O–H groups in total. The van der Waals surface area contributed by atoms with Crippen LogP contribution in [0.2, 0.25) is 0 Å². The van der Waals surface area contributed by atoms with E-state index < -0.39 is 0 Å². The number of benzene rings is 1. The summed E-state index contributed by atoms with van der Waals surface area (Å²) >= 11 is 0. The highest BCUT2D eigenvalue weighted by molar-refractivity contribution is 5.15. The lowest BCUT2D eigenvalue weighted by Crippen LogP contribution is -2.28. The van der Waals surface area contributed by atoms with Crippen LogP contribution >= 0.6 is 0 Å². The molecule has 0 aliphatic carbocycles. The number of likely N-dealkylation sites (N-methyl/N-ethyl adjacent to an activating group) is 2. The average Bonchev–Trinajstić information content (AvgIpc) is 2.19. The molecule has 0 amide bonds. The molecule has 0 aromatic heterocycles. The maximum atomic E-state index is 12.7. The van der Waals surface area contributed by atoms with Gasteiger partial charge in [-0.15, -0.1) is 0 Å². The second-order valence-electron chi connectivity index (χ2n) is 4.17. The summed E-state index contributed by atoms with van der Waals surface area (Å²) in [6.07, 6.45) is 0. The molecule has 1 aromatic rings. The first kappa shape index (κ1) is 12.1. The third-order valence-corrected chi connectivity index (χ3v) is 2.29. The molecule has 3 heteroatoms. The summed E-state index contributed by atoms with van der Waals surface area (Å²) < 4.78 is 12.7. The van der Waals surface area contributed by atoms with Crippen molar-refractivity contribution in [2.45, 2.75) is 6.54 Å². The molecule has 0 aliphatic heterocycles. The van der Waals surface area contributed by atoms with Gasteiger partial charge in [0.2, 0.25) is 0 Å². The van der Waals surface area contributed by atoms with Crippen LogP contribution in [-0.2, 0) is 6.54 Å². The average molecular weight is 210 g/mol. The fourth-order valence-electron chi connectivity index (χ4n) is 1.35. The van der Waals surface area contributed by atoms with Crippen molar-refractivity contribution in [3.05, 3.63) is 35.6 Å². The number of nitrogens with zero attached hydrogens (tertiary/aromatic N) is 2. The maximum absolute atomic E-state index is 12.7. The van der Waals surface area contributed by atoms with Crippen molar-refractivity contribution in [1.82, 2.24) is 9.80 Å². The van der Waals surface area contributed by atoms with Crippen molar-refractivity contribution >= 4 is 0 Å². The van der Waals surface area contributed by atoms with Gasteiger partial charge in [0, 0.05) is 19.6 Å². The number of hydrogen-bond acceptors (Lipinski definition) is 2. The molecular formula is C12H19FN2. The molecule has 0 fully saturated rings. The Morgan fingerprint density at radius 2 is 1.60 bits per heavy atom. The van der Waals surface area contributed by atoms with Crippen LogP contribution in [0.5, 0.6) is 0 Å². The summed E-state index contributed by atoms with van der Waals surface area (Å²) in [5.41, 5.74) is 1.15. The Bertz CT molecular complexity index is 282. The number of rotatable bonds is 5. The molecule has 1 aromatic carbocycles. The molecule has 0 aliphatic rings. The molecule has 0 atom stereocenters. The van der Waals surface area contributed by atoms with Crippen molar-refractivity contribution in [3.63, 3.8) is 0 Å². The summed E-state index contributed by atoms with van der Waals surface area (Å²) in [4.78, 5) is 4.38. The van der Waals surface area contributed by atoms with E-state index in [1.165, 1.54) is 12.1 Å². The van der Waals surface area contributed by atoms with E-state index in [1.807, 2.05) is 12.1 Å². The van der Waals surface area contributed by atoms with Crippen LogP contribution in [0.4, 0.5) is 4.39 Å². The summed E-state index contributed by atoms with van der Waals surface area (Å²) in [7, 11) is 6.20. The van der Waals surface area contributed by atoms with E-state index in [0.29, 0.717) is 0 Å². The van der Waals surface area contributed by atoms with Gasteiger partial charge in [-0.1, -0.05) is 12.1 Å². The van der Waals surface area contributed by atoms with Gasteiger partial charge < -0.3 is 9.80 Å². The largest absolute Gasteiger partial charge is 0.308 e. The Morgan fingerprint density at radius 3 is 2.13 bits per heavy atom. The van der Waals surface area contributed by atoms with E-state index in [2.05, 4.69) is 30.9 Å². The third kappa shape index (κ3) is 4.91. The lowest BCUT2D eigenvalue weighted by Gasteiger charge is -2.19. The predicted octanol–water partition coefficient (Wildman–Crippen LogP) is 1.82. The molecule has 0 radical (unpaired) electrons. The molecular weight excluding hydrogens is 191 g/mol. The SMILES string of the molecule is CN(C)CCN(C)Cc1ccc(F)cc1. The summed E-state index contributed by atoms with van der Waals surface area (Å²) in [5, 5.41) is 0. The van der Waals surface area contributed by atoms with Crippen molar-refractivity contribution in [2.24, 2.45) is 0 Å². The van der Waals surface area contributed by atoms with E-state index in [1.54, 1.807) is 0 Å². The Hall–Kier alpha value is -0.930. The third-order valence-electron chi connectivity index (χ3n) is 2.29. The van der Waals surface area contributed by atoms with Crippen molar-refractivity contribution in [1.29, 1.82) is 0 Å². The minimum Gasteiger partial charge on any atom is -0.308 e. The zero-order valence-electron chi connectivity index (χ0n) is 9.70. The van der Waals surface area contributed by atoms with Gasteiger partial charge in [-0.05, 0) is 38.8 Å². The normalized spacial score (nSPS) is 11.3. The topological polar surface area (TPSA) is 6.48 Å². The van der Waals surface area contributed by atoms with E-state index in [0.717, 1.165) is 25.2 Å². The number of hydrogen-bond donors (Lipinski definition) is 0. The molecule has 0 saturated carbocycles. The molecule has 2 nitrogen and oxygen atoms in total. The van der Waals surface area contributed by atoms with E-state index in [4.69, 9.17) is 0 Å². The van der Waals surface area contributed by atoms with Crippen LogP contribution in [0.15, 0.2) is 24.3 Å². The standard InChI is InChI=1S/C12H19FN2/c1-14(2)8-9-15(3)10-11-4-6-12(13)7-5-11/h4-7H,8-10H2,1-3H3. The van der Waals surface area contributed by atoms with Gasteiger partial charge in [0.25, 0.3) is 0 Å². The molecule has 15 heavy (non-hydrogen) atoms. The van der Waals surface area contributed by atoms with Crippen LogP contribution in [0.1, 0.15) is 5.56 Å². The van der Waals surface area contributed by atoms with Crippen molar-refractivity contribution in [2.75, 3.05) is 34.2 Å². The highest BCUT2D eigenvalue weighted by atomic mass is 19.1. The monoisotopic (exact) mass is 210 g/mol. The Kier molecular flexibility index (Phi) is 4.72.